The van der Waals surface area contributed by atoms with E-state index in [0.29, 0.717) is 12.5 Å². The van der Waals surface area contributed by atoms with Gasteiger partial charge < -0.3 is 15.1 Å². The minimum atomic E-state index is -0.0370. The van der Waals surface area contributed by atoms with Crippen molar-refractivity contribution < 1.29 is 9.21 Å². The molecular formula is C19H24N2O2. The maximum absolute atomic E-state index is 12.1. The van der Waals surface area contributed by atoms with Crippen LogP contribution in [0.1, 0.15) is 41.9 Å². The fourth-order valence-electron chi connectivity index (χ4n) is 2.90. The van der Waals surface area contributed by atoms with Gasteiger partial charge in [0.25, 0.3) is 0 Å². The number of aryl methyl sites for hydroxylation is 2. The first-order chi connectivity index (χ1) is 11.0. The Bertz CT molecular complexity index is 685. The van der Waals surface area contributed by atoms with Crippen LogP contribution in [0, 0.1) is 19.8 Å². The molecule has 122 valence electrons. The molecule has 0 aliphatic heterocycles. The topological polar surface area (TPSA) is 54.3 Å². The number of benzene rings is 1. The molecule has 0 spiro atoms. The van der Waals surface area contributed by atoms with E-state index >= 15 is 0 Å². The minimum absolute atomic E-state index is 0.0370. The van der Waals surface area contributed by atoms with Crippen LogP contribution in [0.5, 0.6) is 0 Å². The molecule has 23 heavy (non-hydrogen) atoms. The summed E-state index contributed by atoms with van der Waals surface area (Å²) in [6, 6.07) is 10.0. The van der Waals surface area contributed by atoms with E-state index in [1.54, 1.807) is 0 Å². The maximum Gasteiger partial charge on any atom is 0.238 e. The second-order valence-corrected chi connectivity index (χ2v) is 6.54. The minimum Gasteiger partial charge on any atom is -0.464 e. The Kier molecular flexibility index (Phi) is 4.53. The van der Waals surface area contributed by atoms with Gasteiger partial charge in [-0.3, -0.25) is 4.79 Å². The number of hydrogen-bond donors (Lipinski definition) is 2. The quantitative estimate of drug-likeness (QED) is 0.854. The fourth-order valence-corrected chi connectivity index (χ4v) is 2.90. The molecule has 2 atom stereocenters. The summed E-state index contributed by atoms with van der Waals surface area (Å²) < 4.78 is 5.82. The molecule has 3 rings (SSSR count). The average molecular weight is 312 g/mol. The Hall–Kier alpha value is -2.07. The largest absolute Gasteiger partial charge is 0.464 e. The molecule has 2 aromatic rings. The summed E-state index contributed by atoms with van der Waals surface area (Å²) in [7, 11) is 0. The second kappa shape index (κ2) is 6.59. The number of nitrogens with one attached hydrogen (secondary N) is 2. The zero-order chi connectivity index (χ0) is 16.4. The highest BCUT2D eigenvalue weighted by Gasteiger charge is 2.36. The Morgan fingerprint density at radius 3 is 2.57 bits per heavy atom. The highest BCUT2D eigenvalue weighted by Crippen LogP contribution is 2.47. The van der Waals surface area contributed by atoms with Crippen molar-refractivity contribution >= 4 is 11.6 Å². The number of carbonyl (C=O) groups is 1. The highest BCUT2D eigenvalue weighted by molar-refractivity contribution is 5.93. The van der Waals surface area contributed by atoms with Crippen molar-refractivity contribution in [2.75, 3.05) is 11.9 Å². The molecule has 4 heteroatoms. The van der Waals surface area contributed by atoms with Gasteiger partial charge in [-0.05, 0) is 49.4 Å². The van der Waals surface area contributed by atoms with Crippen molar-refractivity contribution in [3.63, 3.8) is 0 Å². The smallest absolute Gasteiger partial charge is 0.238 e. The van der Waals surface area contributed by atoms with Gasteiger partial charge in [0.15, 0.2) is 0 Å². The summed E-state index contributed by atoms with van der Waals surface area (Å²) in [4.78, 5) is 12.1. The Morgan fingerprint density at radius 1 is 1.22 bits per heavy atom. The van der Waals surface area contributed by atoms with Crippen LogP contribution in [0.3, 0.4) is 0 Å². The van der Waals surface area contributed by atoms with E-state index in [-0.39, 0.29) is 12.5 Å². The highest BCUT2D eigenvalue weighted by atomic mass is 16.3. The lowest BCUT2D eigenvalue weighted by atomic mass is 10.1. The van der Waals surface area contributed by atoms with Crippen LogP contribution in [-0.4, -0.2) is 12.5 Å². The molecule has 0 bridgehead atoms. The van der Waals surface area contributed by atoms with E-state index < -0.39 is 0 Å². The molecule has 1 fully saturated rings. The SMILES string of the molecule is Cc1cccc(C)c1NC(=O)CNCc1ccc(C2CC2C)o1. The van der Waals surface area contributed by atoms with Crippen molar-refractivity contribution in [3.8, 4) is 0 Å². The lowest BCUT2D eigenvalue weighted by molar-refractivity contribution is -0.115. The molecule has 1 aliphatic carbocycles. The van der Waals surface area contributed by atoms with Crippen LogP contribution in [0.4, 0.5) is 5.69 Å². The number of carbonyl (C=O) groups excluding carboxylic acids is 1. The van der Waals surface area contributed by atoms with Crippen molar-refractivity contribution in [2.45, 2.75) is 39.7 Å². The molecule has 4 nitrogen and oxygen atoms in total. The van der Waals surface area contributed by atoms with Gasteiger partial charge in [0, 0.05) is 11.6 Å². The van der Waals surface area contributed by atoms with Crippen LogP contribution >= 0.6 is 0 Å². The summed E-state index contributed by atoms with van der Waals surface area (Å²) in [5.74, 6) is 3.26. The van der Waals surface area contributed by atoms with Gasteiger partial charge in [-0.15, -0.1) is 0 Å². The third kappa shape index (κ3) is 3.82. The first kappa shape index (κ1) is 15.8. The summed E-state index contributed by atoms with van der Waals surface area (Å²) in [5, 5.41) is 6.11. The van der Waals surface area contributed by atoms with Gasteiger partial charge in [0.1, 0.15) is 11.5 Å². The summed E-state index contributed by atoms with van der Waals surface area (Å²) in [5.41, 5.74) is 3.06. The van der Waals surface area contributed by atoms with Crippen LogP contribution in [0.15, 0.2) is 34.7 Å². The second-order valence-electron chi connectivity index (χ2n) is 6.54. The lowest BCUT2D eigenvalue weighted by Crippen LogP contribution is -2.28. The van der Waals surface area contributed by atoms with E-state index in [9.17, 15) is 4.79 Å². The summed E-state index contributed by atoms with van der Waals surface area (Å²) in [6.07, 6.45) is 1.22. The molecule has 1 amide bonds. The number of anilines is 1. The standard InChI is InChI=1S/C19H24N2O2/c1-12-5-4-6-13(2)19(12)21-18(22)11-20-10-15-7-8-17(23-15)16-9-14(16)3/h4-8,14,16,20H,9-11H2,1-3H3,(H,21,22). The maximum atomic E-state index is 12.1. The van der Waals surface area contributed by atoms with Crippen LogP contribution in [0.25, 0.3) is 0 Å². The number of amides is 1. The van der Waals surface area contributed by atoms with Crippen molar-refractivity contribution in [2.24, 2.45) is 5.92 Å². The van der Waals surface area contributed by atoms with E-state index in [1.807, 2.05) is 38.1 Å². The van der Waals surface area contributed by atoms with E-state index in [4.69, 9.17) is 4.42 Å². The monoisotopic (exact) mass is 312 g/mol. The van der Waals surface area contributed by atoms with E-state index in [0.717, 1.165) is 34.3 Å². The Labute approximate surface area is 137 Å². The van der Waals surface area contributed by atoms with E-state index in [2.05, 4.69) is 23.6 Å². The predicted molar refractivity (Wildman–Crippen MR) is 91.5 cm³/mol. The first-order valence-electron chi connectivity index (χ1n) is 8.20. The van der Waals surface area contributed by atoms with Gasteiger partial charge in [-0.25, -0.2) is 0 Å². The number of rotatable bonds is 6. The van der Waals surface area contributed by atoms with Gasteiger partial charge in [-0.1, -0.05) is 25.1 Å². The van der Waals surface area contributed by atoms with Gasteiger partial charge >= 0.3 is 0 Å². The number of furan rings is 1. The third-order valence-electron chi connectivity index (χ3n) is 4.49. The van der Waals surface area contributed by atoms with E-state index in [1.165, 1.54) is 6.42 Å². The van der Waals surface area contributed by atoms with Gasteiger partial charge in [0.2, 0.25) is 5.91 Å². The molecule has 1 heterocycles. The van der Waals surface area contributed by atoms with Crippen LogP contribution in [0.2, 0.25) is 0 Å². The average Bonchev–Trinajstić information content (AvgIpc) is 3.05. The molecule has 1 saturated carbocycles. The zero-order valence-corrected chi connectivity index (χ0v) is 14.0. The summed E-state index contributed by atoms with van der Waals surface area (Å²) >= 11 is 0. The molecular weight excluding hydrogens is 288 g/mol. The Morgan fingerprint density at radius 2 is 1.91 bits per heavy atom. The number of hydrogen-bond acceptors (Lipinski definition) is 3. The van der Waals surface area contributed by atoms with Gasteiger partial charge in [-0.2, -0.15) is 0 Å². The molecule has 2 unspecified atom stereocenters. The van der Waals surface area contributed by atoms with Crippen molar-refractivity contribution in [3.05, 3.63) is 53.0 Å². The molecule has 1 aliphatic rings. The summed E-state index contributed by atoms with van der Waals surface area (Å²) in [6.45, 7) is 7.08. The zero-order valence-electron chi connectivity index (χ0n) is 14.0. The normalized spacial score (nSPS) is 19.6. The molecule has 1 aromatic carbocycles. The van der Waals surface area contributed by atoms with Gasteiger partial charge in [0.05, 0.1) is 13.1 Å². The number of para-hydroxylation sites is 1. The molecule has 1 aromatic heterocycles. The third-order valence-corrected chi connectivity index (χ3v) is 4.49. The van der Waals surface area contributed by atoms with Crippen LogP contribution < -0.4 is 10.6 Å². The first-order valence-corrected chi connectivity index (χ1v) is 8.20. The molecule has 0 radical (unpaired) electrons. The predicted octanol–water partition coefficient (Wildman–Crippen LogP) is 3.75. The molecule has 0 saturated heterocycles. The van der Waals surface area contributed by atoms with Crippen molar-refractivity contribution in [1.29, 1.82) is 0 Å². The molecule has 2 N–H and O–H groups in total. The fraction of sp³-hybridized carbons (Fsp3) is 0.421. The van der Waals surface area contributed by atoms with Crippen molar-refractivity contribution in [1.82, 2.24) is 5.32 Å². The Balaban J connectivity index is 1.47. The lowest BCUT2D eigenvalue weighted by Gasteiger charge is -2.11. The van der Waals surface area contributed by atoms with Crippen LogP contribution in [-0.2, 0) is 11.3 Å².